The predicted molar refractivity (Wildman–Crippen MR) is 74.1 cm³/mol. The van der Waals surface area contributed by atoms with Gasteiger partial charge in [-0.2, -0.15) is 0 Å². The molecule has 0 fully saturated rings. The Morgan fingerprint density at radius 3 is 2.47 bits per heavy atom. The Balaban J connectivity index is 4.10. The second kappa shape index (κ2) is 7.95. The van der Waals surface area contributed by atoms with E-state index >= 15 is 0 Å². The standard InChI is InChI=1S/C12H26N2O2S/c1-5-6-14-10(16)8-17-9(7-15)11(13)12(2,3)4/h9,11,15H,5-8,13H2,1-4H3,(H,14,16). The number of hydrogen-bond donors (Lipinski definition) is 3. The van der Waals surface area contributed by atoms with Gasteiger partial charge in [0.2, 0.25) is 5.91 Å². The summed E-state index contributed by atoms with van der Waals surface area (Å²) in [5.41, 5.74) is 6.01. The summed E-state index contributed by atoms with van der Waals surface area (Å²) in [6.07, 6.45) is 0.932. The lowest BCUT2D eigenvalue weighted by Gasteiger charge is -2.32. The minimum atomic E-state index is -0.128. The van der Waals surface area contributed by atoms with Gasteiger partial charge < -0.3 is 16.2 Å². The van der Waals surface area contributed by atoms with Crippen molar-refractivity contribution >= 4 is 17.7 Å². The fraction of sp³-hybridized carbons (Fsp3) is 0.917. The first-order valence-electron chi connectivity index (χ1n) is 6.07. The van der Waals surface area contributed by atoms with Crippen molar-refractivity contribution in [3.05, 3.63) is 0 Å². The monoisotopic (exact) mass is 262 g/mol. The minimum Gasteiger partial charge on any atom is -0.395 e. The molecule has 0 aliphatic rings. The van der Waals surface area contributed by atoms with Crippen LogP contribution in [0.5, 0.6) is 0 Å². The number of carbonyl (C=O) groups excluding carboxylic acids is 1. The molecule has 2 atom stereocenters. The van der Waals surface area contributed by atoms with Crippen LogP contribution in [-0.4, -0.2) is 41.2 Å². The highest BCUT2D eigenvalue weighted by Crippen LogP contribution is 2.26. The van der Waals surface area contributed by atoms with Crippen molar-refractivity contribution in [2.24, 2.45) is 11.1 Å². The molecule has 0 heterocycles. The van der Waals surface area contributed by atoms with Crippen LogP contribution in [0.15, 0.2) is 0 Å². The maximum Gasteiger partial charge on any atom is 0.230 e. The molecule has 0 spiro atoms. The van der Waals surface area contributed by atoms with Crippen molar-refractivity contribution in [2.75, 3.05) is 18.9 Å². The third kappa shape index (κ3) is 6.91. The molecule has 0 aliphatic carbocycles. The van der Waals surface area contributed by atoms with Gasteiger partial charge in [-0.25, -0.2) is 0 Å². The van der Waals surface area contributed by atoms with E-state index in [1.807, 2.05) is 27.7 Å². The van der Waals surface area contributed by atoms with Crippen molar-refractivity contribution in [1.29, 1.82) is 0 Å². The van der Waals surface area contributed by atoms with Gasteiger partial charge in [0.15, 0.2) is 0 Å². The Kier molecular flexibility index (Phi) is 7.83. The highest BCUT2D eigenvalue weighted by atomic mass is 32.2. The predicted octanol–water partition coefficient (Wildman–Crippen LogP) is 0.980. The second-order valence-corrected chi connectivity index (χ2v) is 6.50. The van der Waals surface area contributed by atoms with Crippen LogP contribution in [0.25, 0.3) is 0 Å². The largest absolute Gasteiger partial charge is 0.395 e. The number of nitrogens with two attached hydrogens (primary N) is 1. The van der Waals surface area contributed by atoms with Crippen molar-refractivity contribution in [2.45, 2.75) is 45.4 Å². The average Bonchev–Trinajstić information content (AvgIpc) is 2.25. The fourth-order valence-corrected chi connectivity index (χ4v) is 2.51. The summed E-state index contributed by atoms with van der Waals surface area (Å²) < 4.78 is 0. The lowest BCUT2D eigenvalue weighted by Crippen LogP contribution is -2.45. The van der Waals surface area contributed by atoms with Crippen LogP contribution in [0, 0.1) is 5.41 Å². The first kappa shape index (κ1) is 16.7. The zero-order chi connectivity index (χ0) is 13.5. The van der Waals surface area contributed by atoms with Gasteiger partial charge in [-0.15, -0.1) is 11.8 Å². The van der Waals surface area contributed by atoms with Gasteiger partial charge in [0, 0.05) is 17.8 Å². The molecule has 0 bridgehead atoms. The van der Waals surface area contributed by atoms with Crippen molar-refractivity contribution in [1.82, 2.24) is 5.32 Å². The number of rotatable bonds is 7. The van der Waals surface area contributed by atoms with E-state index in [-0.39, 0.29) is 29.2 Å². The van der Waals surface area contributed by atoms with Crippen LogP contribution < -0.4 is 11.1 Å². The van der Waals surface area contributed by atoms with E-state index in [4.69, 9.17) is 5.73 Å². The molecule has 102 valence electrons. The molecule has 2 unspecified atom stereocenters. The Bertz CT molecular complexity index is 229. The highest BCUT2D eigenvalue weighted by molar-refractivity contribution is 8.00. The molecule has 0 aromatic heterocycles. The molecule has 17 heavy (non-hydrogen) atoms. The topological polar surface area (TPSA) is 75.3 Å². The van der Waals surface area contributed by atoms with E-state index in [0.29, 0.717) is 12.3 Å². The summed E-state index contributed by atoms with van der Waals surface area (Å²) in [7, 11) is 0. The number of amides is 1. The third-order valence-electron chi connectivity index (χ3n) is 2.58. The second-order valence-electron chi connectivity index (χ2n) is 5.27. The van der Waals surface area contributed by atoms with E-state index in [1.165, 1.54) is 11.8 Å². The van der Waals surface area contributed by atoms with Crippen molar-refractivity contribution in [3.8, 4) is 0 Å². The molecule has 1 amide bonds. The van der Waals surface area contributed by atoms with Crippen LogP contribution >= 0.6 is 11.8 Å². The van der Waals surface area contributed by atoms with Crippen LogP contribution in [0.3, 0.4) is 0 Å². The number of aliphatic hydroxyl groups is 1. The first-order chi connectivity index (χ1) is 7.82. The fourth-order valence-electron chi connectivity index (χ4n) is 1.33. The number of thioether (sulfide) groups is 1. The summed E-state index contributed by atoms with van der Waals surface area (Å²) in [4.78, 5) is 11.4. The smallest absolute Gasteiger partial charge is 0.230 e. The first-order valence-corrected chi connectivity index (χ1v) is 7.12. The number of aliphatic hydroxyl groups excluding tert-OH is 1. The minimum absolute atomic E-state index is 0.00413. The molecule has 0 rings (SSSR count). The molecule has 0 aromatic carbocycles. The zero-order valence-corrected chi connectivity index (χ0v) is 12.1. The number of hydrogen-bond acceptors (Lipinski definition) is 4. The van der Waals surface area contributed by atoms with Crippen molar-refractivity contribution < 1.29 is 9.90 Å². The summed E-state index contributed by atoms with van der Waals surface area (Å²) in [6.45, 7) is 8.84. The van der Waals surface area contributed by atoms with Crippen LogP contribution in [0.4, 0.5) is 0 Å². The Morgan fingerprint density at radius 1 is 1.47 bits per heavy atom. The maximum absolute atomic E-state index is 11.4. The zero-order valence-electron chi connectivity index (χ0n) is 11.3. The summed E-state index contributed by atoms with van der Waals surface area (Å²) in [5.74, 6) is 0.367. The summed E-state index contributed by atoms with van der Waals surface area (Å²) in [5, 5.41) is 12.0. The van der Waals surface area contributed by atoms with E-state index in [9.17, 15) is 9.90 Å². The van der Waals surface area contributed by atoms with Gasteiger partial charge in [0.1, 0.15) is 0 Å². The van der Waals surface area contributed by atoms with Gasteiger partial charge in [0.05, 0.1) is 12.4 Å². The third-order valence-corrected chi connectivity index (χ3v) is 3.88. The molecule has 4 N–H and O–H groups in total. The van der Waals surface area contributed by atoms with Crippen LogP contribution in [-0.2, 0) is 4.79 Å². The van der Waals surface area contributed by atoms with Crippen LogP contribution in [0.1, 0.15) is 34.1 Å². The lowest BCUT2D eigenvalue weighted by molar-refractivity contribution is -0.118. The average molecular weight is 262 g/mol. The molecular formula is C12H26N2O2S. The van der Waals surface area contributed by atoms with Gasteiger partial charge in [0.25, 0.3) is 0 Å². The lowest BCUT2D eigenvalue weighted by atomic mass is 9.85. The SMILES string of the molecule is CCCNC(=O)CSC(CO)C(N)C(C)(C)C. The van der Waals surface area contributed by atoms with Crippen LogP contribution in [0.2, 0.25) is 0 Å². The quantitative estimate of drug-likeness (QED) is 0.639. The molecule has 0 aromatic rings. The molecule has 0 saturated carbocycles. The maximum atomic E-state index is 11.4. The number of nitrogens with one attached hydrogen (secondary N) is 1. The van der Waals surface area contributed by atoms with Gasteiger partial charge >= 0.3 is 0 Å². The Hall–Kier alpha value is -0.260. The van der Waals surface area contributed by atoms with E-state index in [0.717, 1.165) is 6.42 Å². The van der Waals surface area contributed by atoms with E-state index in [1.54, 1.807) is 0 Å². The van der Waals surface area contributed by atoms with E-state index in [2.05, 4.69) is 5.32 Å². The molecule has 0 aliphatic heterocycles. The van der Waals surface area contributed by atoms with Gasteiger partial charge in [-0.1, -0.05) is 27.7 Å². The van der Waals surface area contributed by atoms with Gasteiger partial charge in [-0.3, -0.25) is 4.79 Å². The van der Waals surface area contributed by atoms with E-state index < -0.39 is 0 Å². The summed E-state index contributed by atoms with van der Waals surface area (Å²) >= 11 is 1.43. The number of carbonyl (C=O) groups is 1. The normalized spacial score (nSPS) is 15.4. The highest BCUT2D eigenvalue weighted by Gasteiger charge is 2.29. The molecule has 0 saturated heterocycles. The van der Waals surface area contributed by atoms with Crippen molar-refractivity contribution in [3.63, 3.8) is 0 Å². The Morgan fingerprint density at radius 2 is 2.06 bits per heavy atom. The van der Waals surface area contributed by atoms with Gasteiger partial charge in [-0.05, 0) is 11.8 Å². The summed E-state index contributed by atoms with van der Waals surface area (Å²) in [6, 6.07) is -0.128. The Labute approximate surface area is 109 Å². The molecule has 5 heteroatoms. The molecule has 0 radical (unpaired) electrons. The molecular weight excluding hydrogens is 236 g/mol. The molecule has 4 nitrogen and oxygen atoms in total.